The molecule has 21 heavy (non-hydrogen) atoms. The Morgan fingerprint density at radius 2 is 2.05 bits per heavy atom. The molecule has 0 bridgehead atoms. The fourth-order valence-corrected chi connectivity index (χ4v) is 3.56. The topological polar surface area (TPSA) is 83.6 Å². The normalized spacial score (nSPS) is 19.4. The van der Waals surface area contributed by atoms with E-state index >= 15 is 0 Å². The van der Waals surface area contributed by atoms with E-state index < -0.39 is 16.1 Å². The van der Waals surface area contributed by atoms with Gasteiger partial charge in [-0.25, -0.2) is 8.42 Å². The van der Waals surface area contributed by atoms with Crippen molar-refractivity contribution in [2.75, 3.05) is 18.1 Å². The number of rotatable bonds is 4. The van der Waals surface area contributed by atoms with E-state index in [-0.39, 0.29) is 11.7 Å². The summed E-state index contributed by atoms with van der Waals surface area (Å²) < 4.78 is 24.5. The van der Waals surface area contributed by atoms with E-state index in [1.54, 1.807) is 24.3 Å². The third-order valence-electron chi connectivity index (χ3n) is 3.47. The van der Waals surface area contributed by atoms with E-state index in [1.807, 2.05) is 0 Å². The van der Waals surface area contributed by atoms with Crippen LogP contribution < -0.4 is 5.32 Å². The van der Waals surface area contributed by atoms with Gasteiger partial charge in [0.25, 0.3) is 0 Å². The lowest BCUT2D eigenvalue weighted by Gasteiger charge is -2.21. The SMILES string of the molecule is CC(=O)c1cccc(NC(=O)C2CCCN2S(C)(=O)=O)c1. The van der Waals surface area contributed by atoms with Crippen LogP contribution in [0.1, 0.15) is 30.1 Å². The van der Waals surface area contributed by atoms with Gasteiger partial charge in [0.05, 0.1) is 6.26 Å². The number of hydrogen-bond acceptors (Lipinski definition) is 4. The standard InChI is InChI=1S/C14H18N2O4S/c1-10(17)11-5-3-6-12(9-11)15-14(18)13-7-4-8-16(13)21(2,19)20/h3,5-6,9,13H,4,7-8H2,1-2H3,(H,15,18). The average Bonchev–Trinajstić information content (AvgIpc) is 2.88. The molecule has 0 aromatic heterocycles. The van der Waals surface area contributed by atoms with E-state index in [0.717, 1.165) is 6.26 Å². The molecule has 1 aromatic carbocycles. The Labute approximate surface area is 124 Å². The highest BCUT2D eigenvalue weighted by molar-refractivity contribution is 7.88. The molecule has 6 nitrogen and oxygen atoms in total. The van der Waals surface area contributed by atoms with Crippen LogP contribution in [-0.4, -0.2) is 43.3 Å². The molecule has 7 heteroatoms. The maximum atomic E-state index is 12.3. The first-order valence-corrected chi connectivity index (χ1v) is 8.52. The van der Waals surface area contributed by atoms with Crippen LogP contribution in [0.4, 0.5) is 5.69 Å². The largest absolute Gasteiger partial charge is 0.325 e. The predicted octanol–water partition coefficient (Wildman–Crippen LogP) is 1.25. The number of sulfonamides is 1. The van der Waals surface area contributed by atoms with Gasteiger partial charge in [0.1, 0.15) is 6.04 Å². The summed E-state index contributed by atoms with van der Waals surface area (Å²) in [5.74, 6) is -0.455. The highest BCUT2D eigenvalue weighted by Gasteiger charge is 2.36. The van der Waals surface area contributed by atoms with Gasteiger partial charge in [-0.05, 0) is 31.9 Å². The van der Waals surface area contributed by atoms with Gasteiger partial charge in [0.15, 0.2) is 5.78 Å². The molecule has 1 aromatic rings. The molecule has 1 heterocycles. The second-order valence-electron chi connectivity index (χ2n) is 5.16. The summed E-state index contributed by atoms with van der Waals surface area (Å²) in [5.41, 5.74) is 0.993. The summed E-state index contributed by atoms with van der Waals surface area (Å²) >= 11 is 0. The maximum absolute atomic E-state index is 12.3. The van der Waals surface area contributed by atoms with Crippen LogP contribution >= 0.6 is 0 Å². The van der Waals surface area contributed by atoms with E-state index in [9.17, 15) is 18.0 Å². The quantitative estimate of drug-likeness (QED) is 0.848. The van der Waals surface area contributed by atoms with E-state index in [2.05, 4.69) is 5.32 Å². The zero-order chi connectivity index (χ0) is 15.6. The molecule has 1 N–H and O–H groups in total. The zero-order valence-electron chi connectivity index (χ0n) is 12.0. The van der Waals surface area contributed by atoms with Crippen molar-refractivity contribution < 1.29 is 18.0 Å². The Kier molecular flexibility index (Phi) is 4.43. The van der Waals surface area contributed by atoms with Gasteiger partial charge >= 0.3 is 0 Å². The molecule has 0 radical (unpaired) electrons. The minimum Gasteiger partial charge on any atom is -0.325 e. The lowest BCUT2D eigenvalue weighted by atomic mass is 10.1. The van der Waals surface area contributed by atoms with Crippen molar-refractivity contribution in [1.82, 2.24) is 4.31 Å². The summed E-state index contributed by atoms with van der Waals surface area (Å²) in [6.45, 7) is 1.81. The smallest absolute Gasteiger partial charge is 0.242 e. The molecule has 114 valence electrons. The second kappa shape index (κ2) is 5.95. The highest BCUT2D eigenvalue weighted by atomic mass is 32.2. The summed E-state index contributed by atoms with van der Waals surface area (Å²) in [6, 6.07) is 5.91. The molecule has 1 saturated heterocycles. The fraction of sp³-hybridized carbons (Fsp3) is 0.429. The van der Waals surface area contributed by atoms with Gasteiger partial charge in [0, 0.05) is 17.8 Å². The Bertz CT molecular complexity index is 669. The van der Waals surface area contributed by atoms with Crippen molar-refractivity contribution >= 4 is 27.4 Å². The summed E-state index contributed by atoms with van der Waals surface area (Å²) in [7, 11) is -3.39. The van der Waals surface area contributed by atoms with Gasteiger partial charge in [-0.1, -0.05) is 12.1 Å². The Balaban J connectivity index is 2.14. The average molecular weight is 310 g/mol. The maximum Gasteiger partial charge on any atom is 0.242 e. The van der Waals surface area contributed by atoms with E-state index in [1.165, 1.54) is 11.2 Å². The second-order valence-corrected chi connectivity index (χ2v) is 7.09. The summed E-state index contributed by atoms with van der Waals surface area (Å²) in [6.07, 6.45) is 2.28. The number of carbonyl (C=O) groups is 2. The fourth-order valence-electron chi connectivity index (χ4n) is 2.44. The van der Waals surface area contributed by atoms with Gasteiger partial charge in [0.2, 0.25) is 15.9 Å². The number of nitrogens with one attached hydrogen (secondary N) is 1. The molecule has 0 aliphatic carbocycles. The first-order chi connectivity index (χ1) is 9.79. The first kappa shape index (κ1) is 15.7. The third kappa shape index (κ3) is 3.68. The minimum absolute atomic E-state index is 0.0928. The Morgan fingerprint density at radius 1 is 1.33 bits per heavy atom. The van der Waals surface area contributed by atoms with Crippen LogP contribution in [-0.2, 0) is 14.8 Å². The number of nitrogens with zero attached hydrogens (tertiary/aromatic N) is 1. The van der Waals surface area contributed by atoms with E-state index in [4.69, 9.17) is 0 Å². The molecule has 0 spiro atoms. The van der Waals surface area contributed by atoms with Crippen LogP contribution in [0.3, 0.4) is 0 Å². The van der Waals surface area contributed by atoms with Gasteiger partial charge in [-0.15, -0.1) is 0 Å². The predicted molar refractivity (Wildman–Crippen MR) is 79.6 cm³/mol. The van der Waals surface area contributed by atoms with Crippen molar-refractivity contribution in [2.24, 2.45) is 0 Å². The third-order valence-corrected chi connectivity index (χ3v) is 4.76. The number of carbonyl (C=O) groups excluding carboxylic acids is 2. The molecule has 0 saturated carbocycles. The number of amides is 1. The molecule has 2 rings (SSSR count). The van der Waals surface area contributed by atoms with Crippen LogP contribution in [0, 0.1) is 0 Å². The lowest BCUT2D eigenvalue weighted by Crippen LogP contribution is -2.42. The van der Waals surface area contributed by atoms with Gasteiger partial charge in [-0.3, -0.25) is 9.59 Å². The van der Waals surface area contributed by atoms with E-state index in [0.29, 0.717) is 30.6 Å². The lowest BCUT2D eigenvalue weighted by molar-refractivity contribution is -0.119. The van der Waals surface area contributed by atoms with Crippen LogP contribution in [0.2, 0.25) is 0 Å². The van der Waals surface area contributed by atoms with Crippen molar-refractivity contribution in [1.29, 1.82) is 0 Å². The summed E-state index contributed by atoms with van der Waals surface area (Å²) in [5, 5.41) is 2.68. The molecule has 1 amide bonds. The Hall–Kier alpha value is -1.73. The molecule has 1 atom stereocenters. The highest BCUT2D eigenvalue weighted by Crippen LogP contribution is 2.22. The van der Waals surface area contributed by atoms with Crippen LogP contribution in [0.25, 0.3) is 0 Å². The van der Waals surface area contributed by atoms with Gasteiger partial charge < -0.3 is 5.32 Å². The van der Waals surface area contributed by atoms with Crippen molar-refractivity contribution in [3.8, 4) is 0 Å². The number of Topliss-reactive ketones (excluding diaryl/α,β-unsaturated/α-hetero) is 1. The zero-order valence-corrected chi connectivity index (χ0v) is 12.8. The van der Waals surface area contributed by atoms with Crippen LogP contribution in [0.5, 0.6) is 0 Å². The molecule has 1 aliphatic heterocycles. The molecule has 1 fully saturated rings. The monoisotopic (exact) mass is 310 g/mol. The molecule has 1 aliphatic rings. The minimum atomic E-state index is -3.39. The molecular formula is C14H18N2O4S. The Morgan fingerprint density at radius 3 is 2.67 bits per heavy atom. The molecular weight excluding hydrogens is 292 g/mol. The number of anilines is 1. The van der Waals surface area contributed by atoms with Crippen molar-refractivity contribution in [3.05, 3.63) is 29.8 Å². The molecule has 1 unspecified atom stereocenters. The number of ketones is 1. The van der Waals surface area contributed by atoms with Crippen molar-refractivity contribution in [3.63, 3.8) is 0 Å². The first-order valence-electron chi connectivity index (χ1n) is 6.68. The van der Waals surface area contributed by atoms with Crippen LogP contribution in [0.15, 0.2) is 24.3 Å². The number of benzene rings is 1. The van der Waals surface area contributed by atoms with Crippen molar-refractivity contribution in [2.45, 2.75) is 25.8 Å². The van der Waals surface area contributed by atoms with Gasteiger partial charge in [-0.2, -0.15) is 4.31 Å². The summed E-state index contributed by atoms with van der Waals surface area (Å²) in [4.78, 5) is 23.6. The number of hydrogen-bond donors (Lipinski definition) is 1.